The lowest BCUT2D eigenvalue weighted by Gasteiger charge is -2.13. The molecule has 0 heterocycles. The van der Waals surface area contributed by atoms with Gasteiger partial charge in [-0.2, -0.15) is 13.2 Å². The van der Waals surface area contributed by atoms with E-state index >= 15 is 0 Å². The fourth-order valence-electron chi connectivity index (χ4n) is 1.14. The van der Waals surface area contributed by atoms with E-state index in [1.54, 1.807) is 0 Å². The quantitative estimate of drug-likeness (QED) is 0.776. The second kappa shape index (κ2) is 6.54. The number of aliphatic carboxylic acids is 1. The highest BCUT2D eigenvalue weighted by Crippen LogP contribution is 2.30. The second-order valence-electron chi connectivity index (χ2n) is 5.11. The maximum Gasteiger partial charge on any atom is 0.419 e. The summed E-state index contributed by atoms with van der Waals surface area (Å²) >= 11 is 0. The van der Waals surface area contributed by atoms with Gasteiger partial charge in [-0.15, -0.1) is 0 Å². The first kappa shape index (κ1) is 17.4. The van der Waals surface area contributed by atoms with Crippen LogP contribution in [0.4, 0.5) is 17.6 Å². The molecule has 19 heavy (non-hydrogen) atoms. The molecule has 2 nitrogen and oxygen atoms in total. The maximum atomic E-state index is 12.4. The topological polar surface area (TPSA) is 37.3 Å². The number of benzene rings is 1. The normalized spacial score (nSPS) is 11.5. The Morgan fingerprint density at radius 3 is 1.84 bits per heavy atom. The number of carbonyl (C=O) groups is 1. The van der Waals surface area contributed by atoms with Gasteiger partial charge in [0.05, 0.1) is 12.0 Å². The second-order valence-corrected chi connectivity index (χ2v) is 5.11. The van der Waals surface area contributed by atoms with Crippen LogP contribution in [0, 0.1) is 11.2 Å². The van der Waals surface area contributed by atoms with Crippen molar-refractivity contribution in [3.63, 3.8) is 0 Å². The van der Waals surface area contributed by atoms with Crippen LogP contribution in [0.1, 0.15) is 32.8 Å². The Kier molecular flexibility index (Phi) is 5.99. The molecule has 0 aliphatic carbocycles. The molecule has 0 saturated heterocycles. The molecule has 0 saturated carbocycles. The minimum atomic E-state index is -4.59. The molecule has 0 fully saturated rings. The van der Waals surface area contributed by atoms with Crippen molar-refractivity contribution in [3.8, 4) is 0 Å². The van der Waals surface area contributed by atoms with Gasteiger partial charge in [0.2, 0.25) is 0 Å². The summed E-state index contributed by atoms with van der Waals surface area (Å²) in [5, 5.41) is 8.25. The summed E-state index contributed by atoms with van der Waals surface area (Å²) < 4.78 is 47.8. The molecular formula is C13H16F4O2. The van der Waals surface area contributed by atoms with E-state index in [0.29, 0.717) is 6.07 Å². The Labute approximate surface area is 109 Å². The van der Waals surface area contributed by atoms with Crippen LogP contribution in [0.3, 0.4) is 0 Å². The lowest BCUT2D eigenvalue weighted by atomic mass is 9.93. The molecule has 108 valence electrons. The molecule has 1 rings (SSSR count). The first-order valence-corrected chi connectivity index (χ1v) is 5.47. The minimum absolute atomic E-state index is 0.0775. The Hall–Kier alpha value is -1.59. The van der Waals surface area contributed by atoms with Crippen molar-refractivity contribution in [2.75, 3.05) is 0 Å². The molecule has 1 aromatic rings. The van der Waals surface area contributed by atoms with E-state index in [4.69, 9.17) is 5.11 Å². The standard InChI is InChI=1S/C7H4F4.C6H12O2/c8-6-4-2-1-3-5(6)7(9,10)11;1-6(2,3)4-5(7)8/h1-4H;4H2,1-3H3,(H,7,8). The van der Waals surface area contributed by atoms with Gasteiger partial charge < -0.3 is 5.11 Å². The maximum absolute atomic E-state index is 12.4. The number of hydrogen-bond acceptors (Lipinski definition) is 1. The van der Waals surface area contributed by atoms with Gasteiger partial charge in [0.25, 0.3) is 0 Å². The summed E-state index contributed by atoms with van der Waals surface area (Å²) in [5.74, 6) is -1.96. The third kappa shape index (κ3) is 8.18. The Morgan fingerprint density at radius 2 is 1.63 bits per heavy atom. The number of carboxylic acid groups (broad SMARTS) is 1. The van der Waals surface area contributed by atoms with E-state index in [1.807, 2.05) is 20.8 Å². The fourth-order valence-corrected chi connectivity index (χ4v) is 1.14. The highest BCUT2D eigenvalue weighted by atomic mass is 19.4. The molecule has 0 aliphatic heterocycles. The first-order chi connectivity index (χ1) is 8.43. The van der Waals surface area contributed by atoms with Gasteiger partial charge in [0.15, 0.2) is 0 Å². The number of carboxylic acids is 1. The Morgan fingerprint density at radius 1 is 1.16 bits per heavy atom. The van der Waals surface area contributed by atoms with E-state index < -0.39 is 23.5 Å². The predicted molar refractivity (Wildman–Crippen MR) is 63.1 cm³/mol. The van der Waals surface area contributed by atoms with Crippen molar-refractivity contribution in [3.05, 3.63) is 35.6 Å². The van der Waals surface area contributed by atoms with Crippen molar-refractivity contribution in [2.24, 2.45) is 5.41 Å². The predicted octanol–water partition coefficient (Wildman–Crippen LogP) is 4.35. The summed E-state index contributed by atoms with van der Waals surface area (Å²) in [6.07, 6.45) is -4.35. The molecule has 0 radical (unpaired) electrons. The zero-order valence-electron chi connectivity index (χ0n) is 10.9. The van der Waals surface area contributed by atoms with Crippen LogP contribution in [0.25, 0.3) is 0 Å². The summed E-state index contributed by atoms with van der Waals surface area (Å²) in [4.78, 5) is 10.0. The zero-order chi connectivity index (χ0) is 15.3. The van der Waals surface area contributed by atoms with Crippen molar-refractivity contribution in [1.82, 2.24) is 0 Å². The van der Waals surface area contributed by atoms with Crippen LogP contribution in [0.2, 0.25) is 0 Å². The smallest absolute Gasteiger partial charge is 0.419 e. The Bertz CT molecular complexity index is 419. The number of halogens is 4. The summed E-state index contributed by atoms with van der Waals surface area (Å²) in [6.45, 7) is 5.71. The molecule has 6 heteroatoms. The van der Waals surface area contributed by atoms with Crippen LogP contribution in [-0.4, -0.2) is 11.1 Å². The van der Waals surface area contributed by atoms with Gasteiger partial charge in [-0.3, -0.25) is 4.79 Å². The largest absolute Gasteiger partial charge is 0.481 e. The van der Waals surface area contributed by atoms with Crippen LogP contribution in [-0.2, 0) is 11.0 Å². The van der Waals surface area contributed by atoms with Gasteiger partial charge in [-0.05, 0) is 17.5 Å². The molecule has 1 aromatic carbocycles. The van der Waals surface area contributed by atoms with Gasteiger partial charge >= 0.3 is 12.1 Å². The molecule has 0 aromatic heterocycles. The minimum Gasteiger partial charge on any atom is -0.481 e. The third-order valence-electron chi connectivity index (χ3n) is 1.86. The van der Waals surface area contributed by atoms with E-state index in [1.165, 1.54) is 6.07 Å². The van der Waals surface area contributed by atoms with E-state index in [0.717, 1.165) is 12.1 Å². The summed E-state index contributed by atoms with van der Waals surface area (Å²) in [5.41, 5.74) is -1.30. The zero-order valence-corrected chi connectivity index (χ0v) is 10.9. The fraction of sp³-hybridized carbons (Fsp3) is 0.462. The highest BCUT2D eigenvalue weighted by molar-refractivity contribution is 5.67. The molecule has 0 spiro atoms. The third-order valence-corrected chi connectivity index (χ3v) is 1.86. The van der Waals surface area contributed by atoms with Gasteiger partial charge in [0.1, 0.15) is 5.82 Å². The number of hydrogen-bond donors (Lipinski definition) is 1. The molecular weight excluding hydrogens is 264 g/mol. The first-order valence-electron chi connectivity index (χ1n) is 5.47. The Balaban J connectivity index is 0.000000362. The van der Waals surface area contributed by atoms with Crippen LogP contribution in [0.15, 0.2) is 24.3 Å². The lowest BCUT2D eigenvalue weighted by Crippen LogP contribution is -2.11. The average molecular weight is 280 g/mol. The number of alkyl halides is 3. The lowest BCUT2D eigenvalue weighted by molar-refractivity contribution is -0.140. The van der Waals surface area contributed by atoms with Crippen molar-refractivity contribution < 1.29 is 27.5 Å². The molecule has 0 atom stereocenters. The molecule has 0 unspecified atom stereocenters. The number of rotatable bonds is 1. The highest BCUT2D eigenvalue weighted by Gasteiger charge is 2.33. The van der Waals surface area contributed by atoms with Gasteiger partial charge in [0, 0.05) is 0 Å². The van der Waals surface area contributed by atoms with Crippen molar-refractivity contribution in [1.29, 1.82) is 0 Å². The molecule has 1 N–H and O–H groups in total. The van der Waals surface area contributed by atoms with Gasteiger partial charge in [-0.25, -0.2) is 4.39 Å². The van der Waals surface area contributed by atoms with E-state index in [2.05, 4.69) is 0 Å². The van der Waals surface area contributed by atoms with E-state index in [9.17, 15) is 22.4 Å². The van der Waals surface area contributed by atoms with E-state index in [-0.39, 0.29) is 11.8 Å². The van der Waals surface area contributed by atoms with Crippen LogP contribution >= 0.6 is 0 Å². The molecule has 0 bridgehead atoms. The van der Waals surface area contributed by atoms with Crippen LogP contribution in [0.5, 0.6) is 0 Å². The molecule has 0 amide bonds. The molecule has 0 aliphatic rings. The van der Waals surface area contributed by atoms with Crippen LogP contribution < -0.4 is 0 Å². The van der Waals surface area contributed by atoms with Gasteiger partial charge in [-0.1, -0.05) is 32.9 Å². The van der Waals surface area contributed by atoms with Crippen molar-refractivity contribution in [2.45, 2.75) is 33.4 Å². The monoisotopic (exact) mass is 280 g/mol. The summed E-state index contributed by atoms with van der Waals surface area (Å²) in [6, 6.07) is 3.84. The SMILES string of the molecule is CC(C)(C)CC(=O)O.Fc1ccccc1C(F)(F)F. The summed E-state index contributed by atoms with van der Waals surface area (Å²) in [7, 11) is 0. The van der Waals surface area contributed by atoms with Crippen molar-refractivity contribution >= 4 is 5.97 Å². The average Bonchev–Trinajstić information content (AvgIpc) is 2.13.